The first kappa shape index (κ1) is 15.0. The maximum Gasteiger partial charge on any atom is 0.271 e. The van der Waals surface area contributed by atoms with E-state index in [1.165, 1.54) is 4.68 Å². The maximum atomic E-state index is 12.1. The van der Waals surface area contributed by atoms with E-state index in [4.69, 9.17) is 5.73 Å². The number of anilines is 1. The normalized spacial score (nSPS) is 11.2. The standard InChI is InChI=1S/C12H21N5O2/c1-7-8(13)9(17(5)16-7)10(18)15-6-12(2,3)11(19)14-4/h6,13H2,1-5H3,(H,14,19)(H,15,18). The Kier molecular flexibility index (Phi) is 4.18. The van der Waals surface area contributed by atoms with Crippen molar-refractivity contribution in [3.05, 3.63) is 11.4 Å². The highest BCUT2D eigenvalue weighted by Crippen LogP contribution is 2.17. The first-order valence-electron chi connectivity index (χ1n) is 6.00. The lowest BCUT2D eigenvalue weighted by Gasteiger charge is -2.22. The van der Waals surface area contributed by atoms with Crippen LogP contribution in [0.3, 0.4) is 0 Å². The summed E-state index contributed by atoms with van der Waals surface area (Å²) in [6.45, 7) is 5.46. The molecule has 0 fully saturated rings. The summed E-state index contributed by atoms with van der Waals surface area (Å²) in [6, 6.07) is 0. The first-order valence-corrected chi connectivity index (χ1v) is 6.00. The highest BCUT2D eigenvalue weighted by atomic mass is 16.2. The van der Waals surface area contributed by atoms with Gasteiger partial charge in [0, 0.05) is 20.6 Å². The molecule has 0 radical (unpaired) electrons. The van der Waals surface area contributed by atoms with Crippen LogP contribution in [0.25, 0.3) is 0 Å². The summed E-state index contributed by atoms with van der Waals surface area (Å²) in [5.41, 5.74) is 6.40. The first-order chi connectivity index (χ1) is 8.70. The van der Waals surface area contributed by atoms with Gasteiger partial charge in [-0.3, -0.25) is 14.3 Å². The molecule has 0 atom stereocenters. The van der Waals surface area contributed by atoms with Crippen molar-refractivity contribution in [2.24, 2.45) is 12.5 Å². The minimum Gasteiger partial charge on any atom is -0.395 e. The van der Waals surface area contributed by atoms with Gasteiger partial charge in [-0.1, -0.05) is 0 Å². The van der Waals surface area contributed by atoms with Crippen LogP contribution in [-0.4, -0.2) is 35.2 Å². The predicted octanol–water partition coefficient (Wildman–Crippen LogP) is -0.187. The minimum absolute atomic E-state index is 0.137. The Morgan fingerprint density at radius 3 is 2.42 bits per heavy atom. The topological polar surface area (TPSA) is 102 Å². The van der Waals surface area contributed by atoms with E-state index in [-0.39, 0.29) is 18.4 Å². The van der Waals surface area contributed by atoms with Crippen molar-refractivity contribution in [2.45, 2.75) is 20.8 Å². The van der Waals surface area contributed by atoms with Gasteiger partial charge in [0.05, 0.1) is 16.8 Å². The van der Waals surface area contributed by atoms with Crippen molar-refractivity contribution in [2.75, 3.05) is 19.3 Å². The molecule has 1 heterocycles. The van der Waals surface area contributed by atoms with Gasteiger partial charge in [0.2, 0.25) is 5.91 Å². The number of nitrogens with two attached hydrogens (primary N) is 1. The minimum atomic E-state index is -0.688. The average molecular weight is 267 g/mol. The Morgan fingerprint density at radius 2 is 2.00 bits per heavy atom. The van der Waals surface area contributed by atoms with Crippen LogP contribution in [0.2, 0.25) is 0 Å². The largest absolute Gasteiger partial charge is 0.395 e. The molecule has 4 N–H and O–H groups in total. The Hall–Kier alpha value is -2.05. The summed E-state index contributed by atoms with van der Waals surface area (Å²) in [5, 5.41) is 9.35. The van der Waals surface area contributed by atoms with Gasteiger partial charge in [0.25, 0.3) is 5.91 Å². The van der Waals surface area contributed by atoms with E-state index in [0.29, 0.717) is 17.1 Å². The molecular formula is C12H21N5O2. The van der Waals surface area contributed by atoms with Gasteiger partial charge in [0.1, 0.15) is 5.69 Å². The SMILES string of the molecule is CNC(=O)C(C)(C)CNC(=O)c1c(N)c(C)nn1C. The Labute approximate surface area is 112 Å². The molecule has 0 aliphatic carbocycles. The van der Waals surface area contributed by atoms with Crippen molar-refractivity contribution in [3.8, 4) is 0 Å². The molecule has 7 nitrogen and oxygen atoms in total. The van der Waals surface area contributed by atoms with Crippen molar-refractivity contribution < 1.29 is 9.59 Å². The molecule has 0 saturated carbocycles. The number of nitrogen functional groups attached to an aromatic ring is 1. The third-order valence-electron chi connectivity index (χ3n) is 3.02. The van der Waals surface area contributed by atoms with Crippen LogP contribution < -0.4 is 16.4 Å². The zero-order chi connectivity index (χ0) is 14.8. The number of carbonyl (C=O) groups is 2. The van der Waals surface area contributed by atoms with Crippen LogP contribution in [0.1, 0.15) is 30.0 Å². The molecule has 0 spiro atoms. The number of nitrogens with one attached hydrogen (secondary N) is 2. The monoisotopic (exact) mass is 267 g/mol. The molecule has 1 rings (SSSR count). The van der Waals surface area contributed by atoms with E-state index in [2.05, 4.69) is 15.7 Å². The lowest BCUT2D eigenvalue weighted by molar-refractivity contribution is -0.128. The third kappa shape index (κ3) is 3.04. The van der Waals surface area contributed by atoms with Crippen LogP contribution in [0.5, 0.6) is 0 Å². The van der Waals surface area contributed by atoms with Crippen molar-refractivity contribution in [1.29, 1.82) is 0 Å². The lowest BCUT2D eigenvalue weighted by Crippen LogP contribution is -2.44. The number of rotatable bonds is 4. The van der Waals surface area contributed by atoms with Crippen LogP contribution in [0.15, 0.2) is 0 Å². The zero-order valence-corrected chi connectivity index (χ0v) is 12.0. The van der Waals surface area contributed by atoms with Crippen molar-refractivity contribution in [1.82, 2.24) is 20.4 Å². The highest BCUT2D eigenvalue weighted by Gasteiger charge is 2.28. The van der Waals surface area contributed by atoms with E-state index in [9.17, 15) is 9.59 Å². The second kappa shape index (κ2) is 5.29. The van der Waals surface area contributed by atoms with Crippen LogP contribution in [-0.2, 0) is 11.8 Å². The van der Waals surface area contributed by atoms with E-state index >= 15 is 0 Å². The molecule has 0 saturated heterocycles. The summed E-state index contributed by atoms with van der Waals surface area (Å²) in [6.07, 6.45) is 0. The fourth-order valence-electron chi connectivity index (χ4n) is 1.75. The molecule has 2 amide bonds. The second-order valence-corrected chi connectivity index (χ2v) is 5.12. The number of nitrogens with zero attached hydrogens (tertiary/aromatic N) is 2. The molecular weight excluding hydrogens is 246 g/mol. The van der Waals surface area contributed by atoms with E-state index in [1.807, 2.05) is 0 Å². The quantitative estimate of drug-likeness (QED) is 0.703. The van der Waals surface area contributed by atoms with Gasteiger partial charge < -0.3 is 16.4 Å². The molecule has 0 aliphatic rings. The summed E-state index contributed by atoms with van der Waals surface area (Å²) in [4.78, 5) is 23.7. The Bertz CT molecular complexity index is 504. The fraction of sp³-hybridized carbons (Fsp3) is 0.583. The Morgan fingerprint density at radius 1 is 1.42 bits per heavy atom. The smallest absolute Gasteiger partial charge is 0.271 e. The highest BCUT2D eigenvalue weighted by molar-refractivity contribution is 5.98. The van der Waals surface area contributed by atoms with Crippen LogP contribution in [0, 0.1) is 12.3 Å². The van der Waals surface area contributed by atoms with Gasteiger partial charge in [-0.25, -0.2) is 0 Å². The molecule has 19 heavy (non-hydrogen) atoms. The zero-order valence-electron chi connectivity index (χ0n) is 12.0. The third-order valence-corrected chi connectivity index (χ3v) is 3.02. The summed E-state index contributed by atoms with van der Waals surface area (Å²) >= 11 is 0. The number of amides is 2. The number of aromatic nitrogens is 2. The molecule has 1 aromatic rings. The number of hydrogen-bond acceptors (Lipinski definition) is 4. The van der Waals surface area contributed by atoms with E-state index in [1.54, 1.807) is 34.9 Å². The summed E-state index contributed by atoms with van der Waals surface area (Å²) in [5.74, 6) is -0.473. The molecule has 7 heteroatoms. The number of aryl methyl sites for hydroxylation is 2. The molecule has 0 aliphatic heterocycles. The predicted molar refractivity (Wildman–Crippen MR) is 72.5 cm³/mol. The number of hydrogen-bond donors (Lipinski definition) is 3. The van der Waals surface area contributed by atoms with Gasteiger partial charge in [-0.05, 0) is 20.8 Å². The van der Waals surface area contributed by atoms with Gasteiger partial charge in [-0.2, -0.15) is 5.10 Å². The molecule has 0 aromatic carbocycles. The van der Waals surface area contributed by atoms with Crippen molar-refractivity contribution >= 4 is 17.5 Å². The molecule has 1 aromatic heterocycles. The van der Waals surface area contributed by atoms with Gasteiger partial charge in [0.15, 0.2) is 0 Å². The number of carbonyl (C=O) groups excluding carboxylic acids is 2. The molecule has 0 bridgehead atoms. The fourth-order valence-corrected chi connectivity index (χ4v) is 1.75. The average Bonchev–Trinajstić information content (AvgIpc) is 2.59. The van der Waals surface area contributed by atoms with E-state index < -0.39 is 5.41 Å². The van der Waals surface area contributed by atoms with Crippen LogP contribution in [0.4, 0.5) is 5.69 Å². The second-order valence-electron chi connectivity index (χ2n) is 5.12. The molecule has 106 valence electrons. The Balaban J connectivity index is 2.79. The van der Waals surface area contributed by atoms with Gasteiger partial charge in [-0.15, -0.1) is 0 Å². The summed E-state index contributed by atoms with van der Waals surface area (Å²) < 4.78 is 1.44. The lowest BCUT2D eigenvalue weighted by atomic mass is 9.92. The molecule has 0 unspecified atom stereocenters. The van der Waals surface area contributed by atoms with Gasteiger partial charge >= 0.3 is 0 Å². The van der Waals surface area contributed by atoms with Crippen molar-refractivity contribution in [3.63, 3.8) is 0 Å². The van der Waals surface area contributed by atoms with E-state index in [0.717, 1.165) is 0 Å². The maximum absolute atomic E-state index is 12.1. The van der Waals surface area contributed by atoms with Crippen LogP contribution >= 0.6 is 0 Å². The summed E-state index contributed by atoms with van der Waals surface area (Å²) in [7, 11) is 3.22.